The van der Waals surface area contributed by atoms with Gasteiger partial charge in [0.15, 0.2) is 0 Å². The molecule has 0 spiro atoms. The van der Waals surface area contributed by atoms with Crippen molar-refractivity contribution < 1.29 is 28.4 Å². The highest BCUT2D eigenvalue weighted by molar-refractivity contribution is 4.76. The van der Waals surface area contributed by atoms with Crippen molar-refractivity contribution in [2.75, 3.05) is 59.6 Å². The number of epoxide rings is 2. The average molecular weight is 290 g/mol. The molecule has 0 radical (unpaired) electrons. The van der Waals surface area contributed by atoms with Gasteiger partial charge >= 0.3 is 0 Å². The van der Waals surface area contributed by atoms with Gasteiger partial charge in [0.2, 0.25) is 0 Å². The molecule has 2 unspecified atom stereocenters. The molecule has 2 aliphatic heterocycles. The predicted octanol–water partition coefficient (Wildman–Crippen LogP) is 0.834. The van der Waals surface area contributed by atoms with Crippen molar-refractivity contribution >= 4 is 0 Å². The van der Waals surface area contributed by atoms with Gasteiger partial charge in [0.25, 0.3) is 0 Å². The van der Waals surface area contributed by atoms with Crippen LogP contribution in [0, 0.1) is 5.41 Å². The second-order valence-corrected chi connectivity index (χ2v) is 5.71. The van der Waals surface area contributed by atoms with E-state index in [1.165, 1.54) is 0 Å². The lowest BCUT2D eigenvalue weighted by Gasteiger charge is -2.28. The molecular formula is C14H26O6. The lowest BCUT2D eigenvalue weighted by molar-refractivity contribution is -0.111. The molecule has 118 valence electrons. The zero-order valence-corrected chi connectivity index (χ0v) is 12.5. The van der Waals surface area contributed by atoms with Crippen molar-refractivity contribution in [2.24, 2.45) is 5.41 Å². The number of rotatable bonds is 13. The molecule has 0 aliphatic carbocycles. The number of ether oxygens (including phenoxy) is 6. The third-order valence-corrected chi connectivity index (χ3v) is 3.13. The molecule has 0 bridgehead atoms. The van der Waals surface area contributed by atoms with Crippen LogP contribution >= 0.6 is 0 Å². The Bertz CT molecular complexity index is 246. The Hall–Kier alpha value is -0.240. The SMILES string of the molecule is CCOCOCC(C)(COCC1CO1)COCC1CO1. The van der Waals surface area contributed by atoms with Gasteiger partial charge in [0, 0.05) is 12.0 Å². The van der Waals surface area contributed by atoms with Crippen LogP contribution in [0.5, 0.6) is 0 Å². The molecular weight excluding hydrogens is 264 g/mol. The van der Waals surface area contributed by atoms with Crippen LogP contribution in [0.2, 0.25) is 0 Å². The Balaban J connectivity index is 1.63. The zero-order chi connectivity index (χ0) is 14.3. The summed E-state index contributed by atoms with van der Waals surface area (Å²) < 4.78 is 32.4. The van der Waals surface area contributed by atoms with Crippen molar-refractivity contribution in [3.63, 3.8) is 0 Å². The third-order valence-electron chi connectivity index (χ3n) is 3.13. The average Bonchev–Trinajstić information content (AvgIpc) is 3.28. The van der Waals surface area contributed by atoms with Crippen LogP contribution in [0.15, 0.2) is 0 Å². The Kier molecular flexibility index (Phi) is 6.67. The highest BCUT2D eigenvalue weighted by Gasteiger charge is 2.30. The van der Waals surface area contributed by atoms with Crippen molar-refractivity contribution in [1.29, 1.82) is 0 Å². The molecule has 0 N–H and O–H groups in total. The van der Waals surface area contributed by atoms with Gasteiger partial charge in [-0.1, -0.05) is 6.92 Å². The second-order valence-electron chi connectivity index (χ2n) is 5.71. The van der Waals surface area contributed by atoms with E-state index in [0.717, 1.165) is 13.2 Å². The first-order valence-electron chi connectivity index (χ1n) is 7.26. The van der Waals surface area contributed by atoms with Gasteiger partial charge in [0.1, 0.15) is 19.0 Å². The van der Waals surface area contributed by atoms with Crippen LogP contribution in [0.25, 0.3) is 0 Å². The summed E-state index contributed by atoms with van der Waals surface area (Å²) in [4.78, 5) is 0. The second kappa shape index (κ2) is 8.26. The molecule has 0 aromatic heterocycles. The lowest BCUT2D eigenvalue weighted by Crippen LogP contribution is -2.35. The Morgan fingerprint density at radius 3 is 1.85 bits per heavy atom. The third kappa shape index (κ3) is 6.97. The molecule has 2 rings (SSSR count). The van der Waals surface area contributed by atoms with Gasteiger partial charge in [-0.3, -0.25) is 0 Å². The largest absolute Gasteiger partial charge is 0.378 e. The monoisotopic (exact) mass is 290 g/mol. The van der Waals surface area contributed by atoms with E-state index in [-0.39, 0.29) is 17.6 Å². The van der Waals surface area contributed by atoms with Crippen molar-refractivity contribution in [3.05, 3.63) is 0 Å². The maximum atomic E-state index is 5.70. The summed E-state index contributed by atoms with van der Waals surface area (Å²) in [6.07, 6.45) is 0.564. The fourth-order valence-electron chi connectivity index (χ4n) is 1.76. The molecule has 2 saturated heterocycles. The number of hydrogen-bond donors (Lipinski definition) is 0. The lowest BCUT2D eigenvalue weighted by atomic mass is 9.94. The fourth-order valence-corrected chi connectivity index (χ4v) is 1.76. The first kappa shape index (κ1) is 16.1. The van der Waals surface area contributed by atoms with Gasteiger partial charge in [-0.2, -0.15) is 0 Å². The summed E-state index contributed by atoms with van der Waals surface area (Å²) in [5.74, 6) is 0. The van der Waals surface area contributed by atoms with Crippen LogP contribution in [0.1, 0.15) is 13.8 Å². The van der Waals surface area contributed by atoms with Crippen LogP contribution in [0.4, 0.5) is 0 Å². The van der Waals surface area contributed by atoms with E-state index in [1.807, 2.05) is 6.92 Å². The fraction of sp³-hybridized carbons (Fsp3) is 1.00. The quantitative estimate of drug-likeness (QED) is 0.284. The van der Waals surface area contributed by atoms with Gasteiger partial charge in [-0.05, 0) is 6.92 Å². The maximum Gasteiger partial charge on any atom is 0.146 e. The molecule has 0 aromatic rings. The van der Waals surface area contributed by atoms with E-state index in [9.17, 15) is 0 Å². The van der Waals surface area contributed by atoms with Gasteiger partial charge in [-0.15, -0.1) is 0 Å². The van der Waals surface area contributed by atoms with E-state index in [1.54, 1.807) is 0 Å². The molecule has 6 heteroatoms. The molecule has 0 amide bonds. The minimum Gasteiger partial charge on any atom is -0.378 e. The van der Waals surface area contributed by atoms with Gasteiger partial charge < -0.3 is 28.4 Å². The highest BCUT2D eigenvalue weighted by Crippen LogP contribution is 2.21. The zero-order valence-electron chi connectivity index (χ0n) is 12.5. The summed E-state index contributed by atoms with van der Waals surface area (Å²) in [5.41, 5.74) is -0.180. The predicted molar refractivity (Wildman–Crippen MR) is 71.7 cm³/mol. The standard InChI is InChI=1S/C14H26O6/c1-3-15-11-18-10-14(2,8-16-4-12-6-19-12)9-17-5-13-7-20-13/h12-13H,3-11H2,1-2H3. The van der Waals surface area contributed by atoms with Crippen molar-refractivity contribution in [2.45, 2.75) is 26.1 Å². The molecule has 20 heavy (non-hydrogen) atoms. The first-order valence-corrected chi connectivity index (χ1v) is 7.26. The maximum absolute atomic E-state index is 5.70. The minimum absolute atomic E-state index is 0.180. The molecule has 2 fully saturated rings. The van der Waals surface area contributed by atoms with Gasteiger partial charge in [-0.25, -0.2) is 0 Å². The normalized spacial score (nSPS) is 27.3. The topological polar surface area (TPSA) is 62.0 Å². The van der Waals surface area contributed by atoms with Crippen LogP contribution in [0.3, 0.4) is 0 Å². The summed E-state index contributed by atoms with van der Waals surface area (Å²) in [5, 5.41) is 0. The number of hydrogen-bond acceptors (Lipinski definition) is 6. The van der Waals surface area contributed by atoms with E-state index in [4.69, 9.17) is 28.4 Å². The summed E-state index contributed by atoms with van der Waals surface area (Å²) in [7, 11) is 0. The van der Waals surface area contributed by atoms with Gasteiger partial charge in [0.05, 0.1) is 46.2 Å². The summed E-state index contributed by atoms with van der Waals surface area (Å²) in [6, 6.07) is 0. The first-order chi connectivity index (χ1) is 9.72. The molecule has 0 saturated carbocycles. The van der Waals surface area contributed by atoms with Crippen LogP contribution in [-0.2, 0) is 28.4 Å². The minimum atomic E-state index is -0.180. The van der Waals surface area contributed by atoms with E-state index in [2.05, 4.69) is 6.92 Å². The highest BCUT2D eigenvalue weighted by atomic mass is 16.7. The Morgan fingerprint density at radius 1 is 0.900 bits per heavy atom. The van der Waals surface area contributed by atoms with Crippen molar-refractivity contribution in [1.82, 2.24) is 0 Å². The molecule has 6 nitrogen and oxygen atoms in total. The summed E-state index contributed by atoms with van der Waals surface area (Å²) >= 11 is 0. The summed E-state index contributed by atoms with van der Waals surface area (Å²) in [6.45, 7) is 9.64. The van der Waals surface area contributed by atoms with Crippen LogP contribution in [-0.4, -0.2) is 71.9 Å². The smallest absolute Gasteiger partial charge is 0.146 e. The van der Waals surface area contributed by atoms with E-state index < -0.39 is 0 Å². The molecule has 2 aliphatic rings. The van der Waals surface area contributed by atoms with Crippen LogP contribution < -0.4 is 0 Å². The van der Waals surface area contributed by atoms with E-state index >= 15 is 0 Å². The Morgan fingerprint density at radius 2 is 1.40 bits per heavy atom. The Labute approximate surface area is 120 Å². The van der Waals surface area contributed by atoms with E-state index in [0.29, 0.717) is 46.4 Å². The molecule has 0 aromatic carbocycles. The molecule has 2 heterocycles. The van der Waals surface area contributed by atoms with Crippen molar-refractivity contribution in [3.8, 4) is 0 Å². The molecule has 2 atom stereocenters.